The number of nitrogens with zero attached hydrogens (tertiary/aromatic N) is 3. The number of amides is 3. The maximum atomic E-state index is 14.2. The van der Waals surface area contributed by atoms with Crippen molar-refractivity contribution in [2.45, 2.75) is 109 Å². The summed E-state index contributed by atoms with van der Waals surface area (Å²) in [6, 6.07) is 8.08. The SMILES string of the molecule is CC(C)CCC(O)C(CC1CCCCC1)NC(=O)[C@H](Cc1cnc[nH]1)N(C)C(=O)C(Cc1ccccc1)OC(=O)N1CC=CCC1. The van der Waals surface area contributed by atoms with Gasteiger partial charge >= 0.3 is 6.09 Å². The number of rotatable bonds is 15. The quantitative estimate of drug-likeness (QED) is 0.235. The number of imidazole rings is 1. The van der Waals surface area contributed by atoms with Gasteiger partial charge in [0.1, 0.15) is 6.04 Å². The smallest absolute Gasteiger partial charge is 0.410 e. The first kappa shape index (κ1) is 35.2. The van der Waals surface area contributed by atoms with Crippen molar-refractivity contribution in [2.75, 3.05) is 20.1 Å². The molecule has 0 bridgehead atoms. The van der Waals surface area contributed by atoms with Crippen LogP contribution in [0.2, 0.25) is 0 Å². The van der Waals surface area contributed by atoms with Crippen LogP contribution in [0.25, 0.3) is 0 Å². The number of ether oxygens (including phenoxy) is 1. The number of hydrogen-bond acceptors (Lipinski definition) is 6. The number of aromatic amines is 1. The fraction of sp³-hybridized carbons (Fsp3) is 0.611. The number of aliphatic hydroxyl groups excluding tert-OH is 1. The van der Waals surface area contributed by atoms with E-state index in [-0.39, 0.29) is 18.7 Å². The zero-order valence-electron chi connectivity index (χ0n) is 27.8. The molecule has 1 aromatic carbocycles. The van der Waals surface area contributed by atoms with E-state index in [0.717, 1.165) is 31.2 Å². The Bertz CT molecular complexity index is 1240. The van der Waals surface area contributed by atoms with Crippen molar-refractivity contribution in [3.05, 3.63) is 66.3 Å². The second-order valence-corrected chi connectivity index (χ2v) is 13.4. The maximum Gasteiger partial charge on any atom is 0.410 e. The zero-order chi connectivity index (χ0) is 32.9. The van der Waals surface area contributed by atoms with Gasteiger partial charge in [-0.05, 0) is 43.1 Å². The number of nitrogens with one attached hydrogen (secondary N) is 2. The standard InChI is InChI=1S/C36H53N5O5/c1-26(2)17-18-32(42)30(21-27-13-7-4-8-14-27)39-34(43)31(23-29-24-37-25-38-29)40(3)35(44)33(22-28-15-9-5-10-16-28)46-36(45)41-19-11-6-12-20-41/h5-6,9-11,15-16,24-27,30-33,42H,4,7-8,12-14,17-23H2,1-3H3,(H,37,38)(H,39,43)/t30?,31-,32?,33?/m0/s1. The molecule has 46 heavy (non-hydrogen) atoms. The minimum atomic E-state index is -1.13. The number of carbonyl (C=O) groups is 3. The molecule has 2 aromatic rings. The molecule has 2 heterocycles. The Balaban J connectivity index is 1.56. The fourth-order valence-corrected chi connectivity index (χ4v) is 6.48. The number of aliphatic hydroxyl groups is 1. The summed E-state index contributed by atoms with van der Waals surface area (Å²) in [5.74, 6) is 0.0645. The highest BCUT2D eigenvalue weighted by atomic mass is 16.6. The molecule has 0 spiro atoms. The summed E-state index contributed by atoms with van der Waals surface area (Å²) in [7, 11) is 1.59. The van der Waals surface area contributed by atoms with Gasteiger partial charge in [-0.25, -0.2) is 9.78 Å². The topological polar surface area (TPSA) is 128 Å². The highest BCUT2D eigenvalue weighted by molar-refractivity contribution is 5.90. The summed E-state index contributed by atoms with van der Waals surface area (Å²) in [5.41, 5.74) is 1.54. The van der Waals surface area contributed by atoms with Gasteiger partial charge < -0.3 is 29.9 Å². The largest absolute Gasteiger partial charge is 0.436 e. The lowest BCUT2D eigenvalue weighted by atomic mass is 9.83. The lowest BCUT2D eigenvalue weighted by Crippen LogP contribution is -2.56. The maximum absolute atomic E-state index is 14.2. The third-order valence-corrected chi connectivity index (χ3v) is 9.33. The Hall–Kier alpha value is -3.66. The van der Waals surface area contributed by atoms with Crippen LogP contribution in [0.3, 0.4) is 0 Å². The van der Waals surface area contributed by atoms with E-state index in [1.54, 1.807) is 24.5 Å². The van der Waals surface area contributed by atoms with Gasteiger partial charge in [-0.1, -0.05) is 88.4 Å². The predicted octanol–water partition coefficient (Wildman–Crippen LogP) is 5.04. The Morgan fingerprint density at radius 3 is 2.50 bits per heavy atom. The first-order chi connectivity index (χ1) is 22.2. The summed E-state index contributed by atoms with van der Waals surface area (Å²) in [6.07, 6.45) is 13.7. The molecule has 1 fully saturated rings. The fourth-order valence-electron chi connectivity index (χ4n) is 6.48. The average Bonchev–Trinajstić information content (AvgIpc) is 3.59. The number of likely N-dealkylation sites (N-methyl/N-ethyl adjacent to an activating group) is 1. The van der Waals surface area contributed by atoms with E-state index in [4.69, 9.17) is 4.74 Å². The summed E-state index contributed by atoms with van der Waals surface area (Å²) in [6.45, 7) is 5.20. The van der Waals surface area contributed by atoms with Crippen molar-refractivity contribution in [3.63, 3.8) is 0 Å². The van der Waals surface area contributed by atoms with Gasteiger partial charge in [-0.3, -0.25) is 9.59 Å². The second kappa shape index (κ2) is 17.9. The predicted molar refractivity (Wildman–Crippen MR) is 178 cm³/mol. The number of benzene rings is 1. The van der Waals surface area contributed by atoms with Gasteiger partial charge in [-0.15, -0.1) is 0 Å². The van der Waals surface area contributed by atoms with Crippen LogP contribution in [-0.2, 0) is 27.2 Å². The molecule has 3 unspecified atom stereocenters. The monoisotopic (exact) mass is 635 g/mol. The number of carbonyl (C=O) groups excluding carboxylic acids is 3. The van der Waals surface area contributed by atoms with E-state index in [9.17, 15) is 19.5 Å². The Morgan fingerprint density at radius 1 is 1.09 bits per heavy atom. The van der Waals surface area contributed by atoms with Crippen LogP contribution in [0.1, 0.15) is 82.9 Å². The van der Waals surface area contributed by atoms with Crippen molar-refractivity contribution in [1.82, 2.24) is 25.1 Å². The molecular formula is C36H53N5O5. The summed E-state index contributed by atoms with van der Waals surface area (Å²) in [5, 5.41) is 14.5. The first-order valence-corrected chi connectivity index (χ1v) is 17.1. The lowest BCUT2D eigenvalue weighted by Gasteiger charge is -2.34. The Morgan fingerprint density at radius 2 is 1.85 bits per heavy atom. The van der Waals surface area contributed by atoms with E-state index in [1.807, 2.05) is 42.5 Å². The molecular weight excluding hydrogens is 582 g/mol. The number of aromatic nitrogens is 2. The average molecular weight is 636 g/mol. The van der Waals surface area contributed by atoms with Gasteiger partial charge in [0.2, 0.25) is 5.91 Å². The van der Waals surface area contributed by atoms with Crippen LogP contribution >= 0.6 is 0 Å². The molecule has 3 amide bonds. The summed E-state index contributed by atoms with van der Waals surface area (Å²) >= 11 is 0. The minimum Gasteiger partial charge on any atom is -0.436 e. The summed E-state index contributed by atoms with van der Waals surface area (Å²) < 4.78 is 5.89. The van der Waals surface area contributed by atoms with Crippen LogP contribution < -0.4 is 5.32 Å². The highest BCUT2D eigenvalue weighted by Crippen LogP contribution is 2.29. The second-order valence-electron chi connectivity index (χ2n) is 13.4. The van der Waals surface area contributed by atoms with Crippen LogP contribution in [0.5, 0.6) is 0 Å². The summed E-state index contributed by atoms with van der Waals surface area (Å²) in [4.78, 5) is 51.7. The van der Waals surface area contributed by atoms with Crippen molar-refractivity contribution in [3.8, 4) is 0 Å². The number of hydrogen-bond donors (Lipinski definition) is 3. The van der Waals surface area contributed by atoms with Crippen LogP contribution in [0, 0.1) is 11.8 Å². The molecule has 1 aliphatic carbocycles. The molecule has 10 heteroatoms. The molecule has 1 saturated carbocycles. The molecule has 1 aromatic heterocycles. The van der Waals surface area contributed by atoms with Gasteiger partial charge in [0.15, 0.2) is 6.10 Å². The zero-order valence-corrected chi connectivity index (χ0v) is 27.8. The molecule has 1 aliphatic heterocycles. The minimum absolute atomic E-state index is 0.177. The molecule has 252 valence electrons. The normalized spacial score (nSPS) is 18.1. The molecule has 4 rings (SSSR count). The number of H-pyrrole nitrogens is 1. The highest BCUT2D eigenvalue weighted by Gasteiger charge is 2.36. The van der Waals surface area contributed by atoms with E-state index < -0.39 is 36.3 Å². The van der Waals surface area contributed by atoms with Crippen molar-refractivity contribution >= 4 is 17.9 Å². The van der Waals surface area contributed by atoms with Gasteiger partial charge in [-0.2, -0.15) is 0 Å². The third kappa shape index (κ3) is 10.7. The first-order valence-electron chi connectivity index (χ1n) is 17.1. The molecule has 2 aliphatic rings. The van der Waals surface area contributed by atoms with E-state index in [0.29, 0.717) is 43.5 Å². The Labute approximate surface area is 274 Å². The van der Waals surface area contributed by atoms with Crippen LogP contribution in [0.15, 0.2) is 55.0 Å². The van der Waals surface area contributed by atoms with E-state index in [1.165, 1.54) is 24.2 Å². The Kier molecular flexibility index (Phi) is 13.7. The van der Waals surface area contributed by atoms with Gasteiger partial charge in [0.05, 0.1) is 18.5 Å². The molecule has 4 atom stereocenters. The van der Waals surface area contributed by atoms with Crippen LogP contribution in [0.4, 0.5) is 4.79 Å². The van der Waals surface area contributed by atoms with Crippen molar-refractivity contribution < 1.29 is 24.2 Å². The van der Waals surface area contributed by atoms with E-state index in [2.05, 4.69) is 29.1 Å². The molecule has 10 nitrogen and oxygen atoms in total. The molecule has 0 saturated heterocycles. The lowest BCUT2D eigenvalue weighted by molar-refractivity contribution is -0.146. The van der Waals surface area contributed by atoms with Crippen LogP contribution in [-0.4, -0.2) is 87.2 Å². The van der Waals surface area contributed by atoms with Gasteiger partial charge in [0.25, 0.3) is 5.91 Å². The third-order valence-electron chi connectivity index (χ3n) is 9.33. The van der Waals surface area contributed by atoms with Crippen molar-refractivity contribution in [2.24, 2.45) is 11.8 Å². The molecule has 0 radical (unpaired) electrons. The van der Waals surface area contributed by atoms with Crippen molar-refractivity contribution in [1.29, 1.82) is 0 Å². The molecule has 3 N–H and O–H groups in total. The van der Waals surface area contributed by atoms with E-state index >= 15 is 0 Å². The van der Waals surface area contributed by atoms with Gasteiger partial charge in [0, 0.05) is 44.9 Å².